The average molecular weight is 387 g/mol. The van der Waals surface area contributed by atoms with Crippen LogP contribution < -0.4 is 5.32 Å². The summed E-state index contributed by atoms with van der Waals surface area (Å²) >= 11 is 3.13. The molecule has 0 aliphatic rings. The lowest BCUT2D eigenvalue weighted by atomic mass is 10.1. The van der Waals surface area contributed by atoms with E-state index in [1.54, 1.807) is 11.3 Å². The number of aromatic nitrogens is 3. The predicted octanol–water partition coefficient (Wildman–Crippen LogP) is 3.61. The molecular formula is C19H22N4OS2. The molecule has 0 atom stereocenters. The monoisotopic (exact) mass is 386 g/mol. The molecule has 5 nitrogen and oxygen atoms in total. The summed E-state index contributed by atoms with van der Waals surface area (Å²) < 4.78 is 1.95. The molecule has 0 aliphatic carbocycles. The highest BCUT2D eigenvalue weighted by Crippen LogP contribution is 2.30. The van der Waals surface area contributed by atoms with Gasteiger partial charge in [0.25, 0.3) is 0 Å². The van der Waals surface area contributed by atoms with Crippen LogP contribution in [0.2, 0.25) is 0 Å². The van der Waals surface area contributed by atoms with Gasteiger partial charge >= 0.3 is 0 Å². The summed E-state index contributed by atoms with van der Waals surface area (Å²) in [5, 5.41) is 14.4. The molecular weight excluding hydrogens is 364 g/mol. The Bertz CT molecular complexity index is 886. The number of thiophene rings is 1. The number of hydrogen-bond donors (Lipinski definition) is 1. The van der Waals surface area contributed by atoms with E-state index in [1.165, 1.54) is 27.8 Å². The molecule has 7 heteroatoms. The number of benzene rings is 1. The van der Waals surface area contributed by atoms with E-state index in [0.717, 1.165) is 23.0 Å². The molecule has 0 saturated heterocycles. The van der Waals surface area contributed by atoms with Gasteiger partial charge in [-0.2, -0.15) is 0 Å². The number of nitrogens with one attached hydrogen (secondary N) is 1. The number of rotatable bonds is 7. The summed E-state index contributed by atoms with van der Waals surface area (Å²) in [6.07, 6.45) is 0.835. The topological polar surface area (TPSA) is 59.8 Å². The minimum absolute atomic E-state index is 0.0121. The molecule has 0 spiro atoms. The van der Waals surface area contributed by atoms with Gasteiger partial charge in [0.05, 0.1) is 5.75 Å². The summed E-state index contributed by atoms with van der Waals surface area (Å²) in [7, 11) is 1.94. The van der Waals surface area contributed by atoms with Crippen molar-refractivity contribution in [2.45, 2.75) is 25.4 Å². The fourth-order valence-electron chi connectivity index (χ4n) is 2.58. The second kappa shape index (κ2) is 8.51. The van der Waals surface area contributed by atoms with Crippen LogP contribution in [0.25, 0.3) is 11.4 Å². The van der Waals surface area contributed by atoms with Crippen LogP contribution in [0, 0.1) is 13.8 Å². The molecule has 1 amide bonds. The highest BCUT2D eigenvalue weighted by molar-refractivity contribution is 7.99. The second-order valence-corrected chi connectivity index (χ2v) is 8.10. The van der Waals surface area contributed by atoms with Crippen LogP contribution in [-0.2, 0) is 18.3 Å². The van der Waals surface area contributed by atoms with Crippen LogP contribution in [0.3, 0.4) is 0 Å². The van der Waals surface area contributed by atoms with Gasteiger partial charge in [-0.05, 0) is 31.4 Å². The Labute approximate surface area is 161 Å². The van der Waals surface area contributed by atoms with Crippen molar-refractivity contribution in [3.63, 3.8) is 0 Å². The minimum atomic E-state index is 0.0121. The lowest BCUT2D eigenvalue weighted by Crippen LogP contribution is -2.27. The van der Waals surface area contributed by atoms with Crippen molar-refractivity contribution in [2.24, 2.45) is 7.05 Å². The third-order valence-corrected chi connectivity index (χ3v) is 6.31. The molecule has 3 aromatic rings. The SMILES string of the molecule is Cc1scc(-c2nnc(SCC(=O)NCCc3ccccc3)n2C)c1C. The maximum atomic E-state index is 12.1. The molecule has 3 rings (SSSR count). The Hall–Kier alpha value is -2.12. The number of thioether (sulfide) groups is 1. The molecule has 2 heterocycles. The summed E-state index contributed by atoms with van der Waals surface area (Å²) in [5.41, 5.74) is 3.57. The van der Waals surface area contributed by atoms with E-state index >= 15 is 0 Å². The summed E-state index contributed by atoms with van der Waals surface area (Å²) in [6.45, 7) is 4.85. The largest absolute Gasteiger partial charge is 0.355 e. The Kier molecular flexibility index (Phi) is 6.11. The molecule has 2 aromatic heterocycles. The first-order chi connectivity index (χ1) is 12.6. The second-order valence-electron chi connectivity index (χ2n) is 6.07. The van der Waals surface area contributed by atoms with Gasteiger partial charge in [0.2, 0.25) is 5.91 Å². The van der Waals surface area contributed by atoms with Crippen molar-refractivity contribution < 1.29 is 4.79 Å². The normalized spacial score (nSPS) is 10.9. The standard InChI is InChI=1S/C19H22N4OS2/c1-13-14(2)25-11-16(13)18-21-22-19(23(18)3)26-12-17(24)20-10-9-15-7-5-4-6-8-15/h4-8,11H,9-10,12H2,1-3H3,(H,20,24). The van der Waals surface area contributed by atoms with Crippen molar-refractivity contribution in [3.05, 3.63) is 51.7 Å². The van der Waals surface area contributed by atoms with E-state index in [4.69, 9.17) is 0 Å². The Morgan fingerprint density at radius 1 is 1.23 bits per heavy atom. The van der Waals surface area contributed by atoms with Crippen LogP contribution in [0.4, 0.5) is 0 Å². The molecule has 136 valence electrons. The lowest BCUT2D eigenvalue weighted by molar-refractivity contribution is -0.118. The summed E-state index contributed by atoms with van der Waals surface area (Å²) in [6, 6.07) is 10.1. The van der Waals surface area contributed by atoms with Gasteiger partial charge in [-0.3, -0.25) is 4.79 Å². The van der Waals surface area contributed by atoms with E-state index in [9.17, 15) is 4.79 Å². The molecule has 0 aliphatic heterocycles. The van der Waals surface area contributed by atoms with E-state index in [1.807, 2.05) is 29.8 Å². The van der Waals surface area contributed by atoms with Crippen LogP contribution in [0.5, 0.6) is 0 Å². The highest BCUT2D eigenvalue weighted by atomic mass is 32.2. The van der Waals surface area contributed by atoms with E-state index in [2.05, 4.69) is 46.9 Å². The first kappa shape index (κ1) is 18.7. The van der Waals surface area contributed by atoms with Crippen LogP contribution in [-0.4, -0.2) is 33.0 Å². The Balaban J connectivity index is 1.52. The number of amides is 1. The molecule has 1 N–H and O–H groups in total. The zero-order chi connectivity index (χ0) is 18.5. The zero-order valence-corrected chi connectivity index (χ0v) is 16.8. The van der Waals surface area contributed by atoms with E-state index in [-0.39, 0.29) is 5.91 Å². The third kappa shape index (κ3) is 4.34. The van der Waals surface area contributed by atoms with Crippen molar-refractivity contribution in [3.8, 4) is 11.4 Å². The summed E-state index contributed by atoms with van der Waals surface area (Å²) in [4.78, 5) is 13.4. The van der Waals surface area contributed by atoms with Crippen molar-refractivity contribution in [1.82, 2.24) is 20.1 Å². The van der Waals surface area contributed by atoms with Crippen LogP contribution >= 0.6 is 23.1 Å². The Morgan fingerprint density at radius 3 is 2.69 bits per heavy atom. The van der Waals surface area contributed by atoms with Crippen molar-refractivity contribution >= 4 is 29.0 Å². The first-order valence-electron chi connectivity index (χ1n) is 8.44. The maximum Gasteiger partial charge on any atom is 0.230 e. The van der Waals surface area contributed by atoms with Gasteiger partial charge in [0.1, 0.15) is 0 Å². The zero-order valence-electron chi connectivity index (χ0n) is 15.2. The van der Waals surface area contributed by atoms with Gasteiger partial charge in [-0.1, -0.05) is 42.1 Å². The maximum absolute atomic E-state index is 12.1. The smallest absolute Gasteiger partial charge is 0.230 e. The fraction of sp³-hybridized carbons (Fsp3) is 0.316. The first-order valence-corrected chi connectivity index (χ1v) is 10.3. The van der Waals surface area contributed by atoms with Gasteiger partial charge < -0.3 is 9.88 Å². The average Bonchev–Trinajstić information content (AvgIpc) is 3.17. The van der Waals surface area contributed by atoms with Crippen LogP contribution in [0.1, 0.15) is 16.0 Å². The molecule has 1 aromatic carbocycles. The number of carbonyl (C=O) groups is 1. The van der Waals surface area contributed by atoms with E-state index in [0.29, 0.717) is 12.3 Å². The Morgan fingerprint density at radius 2 is 2.00 bits per heavy atom. The molecule has 0 bridgehead atoms. The highest BCUT2D eigenvalue weighted by Gasteiger charge is 2.16. The fourth-order valence-corrected chi connectivity index (χ4v) is 4.19. The number of aryl methyl sites for hydroxylation is 1. The molecule has 0 saturated carbocycles. The number of nitrogens with zero attached hydrogens (tertiary/aromatic N) is 3. The van der Waals surface area contributed by atoms with Crippen LogP contribution in [0.15, 0.2) is 40.9 Å². The van der Waals surface area contributed by atoms with Gasteiger partial charge in [-0.15, -0.1) is 21.5 Å². The molecule has 0 fully saturated rings. The minimum Gasteiger partial charge on any atom is -0.355 e. The van der Waals surface area contributed by atoms with Gasteiger partial charge in [0.15, 0.2) is 11.0 Å². The third-order valence-electron chi connectivity index (χ3n) is 4.27. The lowest BCUT2D eigenvalue weighted by Gasteiger charge is -2.06. The predicted molar refractivity (Wildman–Crippen MR) is 108 cm³/mol. The van der Waals surface area contributed by atoms with Crippen molar-refractivity contribution in [1.29, 1.82) is 0 Å². The van der Waals surface area contributed by atoms with Crippen molar-refractivity contribution in [2.75, 3.05) is 12.3 Å². The van der Waals surface area contributed by atoms with Gasteiger partial charge in [-0.25, -0.2) is 0 Å². The van der Waals surface area contributed by atoms with E-state index < -0.39 is 0 Å². The summed E-state index contributed by atoms with van der Waals surface area (Å²) in [5.74, 6) is 1.19. The molecule has 0 unspecified atom stereocenters. The quantitative estimate of drug-likeness (QED) is 0.630. The number of hydrogen-bond acceptors (Lipinski definition) is 5. The van der Waals surface area contributed by atoms with Gasteiger partial charge in [0, 0.05) is 29.4 Å². The molecule has 26 heavy (non-hydrogen) atoms. The number of carbonyl (C=O) groups excluding carboxylic acids is 1. The molecule has 0 radical (unpaired) electrons.